The van der Waals surface area contributed by atoms with Crippen molar-refractivity contribution in [1.82, 2.24) is 4.98 Å². The Bertz CT molecular complexity index is 588. The van der Waals surface area contributed by atoms with Crippen LogP contribution in [0.25, 0.3) is 0 Å². The van der Waals surface area contributed by atoms with Gasteiger partial charge < -0.3 is 10.1 Å². The minimum atomic E-state index is -0.0124. The molecule has 0 saturated carbocycles. The van der Waals surface area contributed by atoms with Gasteiger partial charge in [-0.15, -0.1) is 11.3 Å². The summed E-state index contributed by atoms with van der Waals surface area (Å²) in [6.07, 6.45) is 1.12. The Morgan fingerprint density at radius 1 is 1.40 bits per heavy atom. The van der Waals surface area contributed by atoms with E-state index in [0.717, 1.165) is 21.9 Å². The third-order valence-corrected chi connectivity index (χ3v) is 4.04. The van der Waals surface area contributed by atoms with Crippen LogP contribution in [-0.4, -0.2) is 18.0 Å². The predicted molar refractivity (Wildman–Crippen MR) is 81.5 cm³/mol. The molecule has 0 saturated heterocycles. The molecule has 0 unspecified atom stereocenters. The second kappa shape index (κ2) is 6.52. The Morgan fingerprint density at radius 2 is 2.20 bits per heavy atom. The summed E-state index contributed by atoms with van der Waals surface area (Å²) >= 11 is 1.51. The van der Waals surface area contributed by atoms with Crippen molar-refractivity contribution in [3.8, 4) is 5.75 Å². The molecule has 106 valence electrons. The van der Waals surface area contributed by atoms with E-state index >= 15 is 0 Å². The topological polar surface area (TPSA) is 51.2 Å². The Labute approximate surface area is 122 Å². The number of rotatable bonds is 5. The first-order chi connectivity index (χ1) is 9.58. The fourth-order valence-electron chi connectivity index (χ4n) is 1.79. The van der Waals surface area contributed by atoms with Crippen LogP contribution in [0.2, 0.25) is 0 Å². The van der Waals surface area contributed by atoms with Gasteiger partial charge in [-0.3, -0.25) is 4.79 Å². The number of carbonyl (C=O) groups is 1. The van der Waals surface area contributed by atoms with Crippen molar-refractivity contribution in [3.05, 3.63) is 40.4 Å². The first-order valence-electron chi connectivity index (χ1n) is 6.45. The normalized spacial score (nSPS) is 10.3. The number of nitrogens with zero attached hydrogens (tertiary/aromatic N) is 1. The van der Waals surface area contributed by atoms with Crippen LogP contribution in [-0.2, 0) is 11.2 Å². The van der Waals surface area contributed by atoms with Gasteiger partial charge in [-0.05, 0) is 38.0 Å². The fraction of sp³-hybridized carbons (Fsp3) is 0.333. The van der Waals surface area contributed by atoms with Crippen LogP contribution in [0.1, 0.15) is 22.6 Å². The first kappa shape index (κ1) is 14.5. The van der Waals surface area contributed by atoms with Crippen LogP contribution in [0.15, 0.2) is 24.3 Å². The lowest BCUT2D eigenvalue weighted by atomic mass is 10.1. The molecule has 0 atom stereocenters. The highest BCUT2D eigenvalue weighted by Crippen LogP contribution is 2.21. The number of amides is 1. The van der Waals surface area contributed by atoms with Gasteiger partial charge in [-0.1, -0.05) is 12.1 Å². The lowest BCUT2D eigenvalue weighted by molar-refractivity contribution is -0.116. The fourth-order valence-corrected chi connectivity index (χ4v) is 2.62. The predicted octanol–water partition coefficient (Wildman–Crippen LogP) is 3.34. The minimum Gasteiger partial charge on any atom is -0.497 e. The van der Waals surface area contributed by atoms with Crippen molar-refractivity contribution in [1.29, 1.82) is 0 Å². The standard InChI is InChI=1S/C15H18N2O2S/c1-10-11(2)20-15(16-10)17-14(18)8-7-12-5-4-6-13(9-12)19-3/h4-6,9H,7-8H2,1-3H3,(H,16,17,18). The van der Waals surface area contributed by atoms with E-state index in [4.69, 9.17) is 4.74 Å². The molecule has 0 radical (unpaired) electrons. The lowest BCUT2D eigenvalue weighted by Crippen LogP contribution is -2.12. The van der Waals surface area contributed by atoms with Gasteiger partial charge >= 0.3 is 0 Å². The Balaban J connectivity index is 1.88. The summed E-state index contributed by atoms with van der Waals surface area (Å²) in [6, 6.07) is 7.77. The lowest BCUT2D eigenvalue weighted by Gasteiger charge is -2.04. The molecule has 0 fully saturated rings. The maximum Gasteiger partial charge on any atom is 0.226 e. The summed E-state index contributed by atoms with van der Waals surface area (Å²) in [4.78, 5) is 17.3. The van der Waals surface area contributed by atoms with E-state index in [0.29, 0.717) is 18.0 Å². The molecule has 1 aromatic heterocycles. The van der Waals surface area contributed by atoms with E-state index in [1.165, 1.54) is 11.3 Å². The van der Waals surface area contributed by atoms with Crippen molar-refractivity contribution >= 4 is 22.4 Å². The molecule has 0 aliphatic heterocycles. The van der Waals surface area contributed by atoms with Crippen molar-refractivity contribution < 1.29 is 9.53 Å². The van der Waals surface area contributed by atoms with Crippen LogP contribution >= 0.6 is 11.3 Å². The average Bonchev–Trinajstić information content (AvgIpc) is 2.75. The molecule has 5 heteroatoms. The summed E-state index contributed by atoms with van der Waals surface area (Å²) < 4.78 is 5.16. The van der Waals surface area contributed by atoms with Gasteiger partial charge in [0.1, 0.15) is 5.75 Å². The maximum absolute atomic E-state index is 11.9. The maximum atomic E-state index is 11.9. The molecular formula is C15H18N2O2S. The molecule has 0 aliphatic carbocycles. The minimum absolute atomic E-state index is 0.0124. The van der Waals surface area contributed by atoms with E-state index < -0.39 is 0 Å². The van der Waals surface area contributed by atoms with Crippen molar-refractivity contribution in [2.24, 2.45) is 0 Å². The molecule has 2 rings (SSSR count). The van der Waals surface area contributed by atoms with Crippen LogP contribution in [0.5, 0.6) is 5.75 Å². The van der Waals surface area contributed by atoms with Gasteiger partial charge in [-0.25, -0.2) is 4.98 Å². The average molecular weight is 290 g/mol. The zero-order valence-corrected chi connectivity index (χ0v) is 12.7. The number of methoxy groups -OCH3 is 1. The van der Waals surface area contributed by atoms with Crippen molar-refractivity contribution in [3.63, 3.8) is 0 Å². The smallest absolute Gasteiger partial charge is 0.226 e. The van der Waals surface area contributed by atoms with E-state index in [2.05, 4.69) is 10.3 Å². The number of benzene rings is 1. The molecule has 1 N–H and O–H groups in total. The molecule has 2 aromatic rings. The summed E-state index contributed by atoms with van der Waals surface area (Å²) in [5, 5.41) is 3.52. The van der Waals surface area contributed by atoms with Gasteiger partial charge in [0, 0.05) is 11.3 Å². The van der Waals surface area contributed by atoms with Crippen LogP contribution < -0.4 is 10.1 Å². The van der Waals surface area contributed by atoms with Gasteiger partial charge in [0.2, 0.25) is 5.91 Å². The summed E-state index contributed by atoms with van der Waals surface area (Å²) in [5.41, 5.74) is 2.06. The number of aromatic nitrogens is 1. The molecular weight excluding hydrogens is 272 g/mol. The van der Waals surface area contributed by atoms with E-state index in [1.54, 1.807) is 7.11 Å². The van der Waals surface area contributed by atoms with Crippen LogP contribution in [0.3, 0.4) is 0 Å². The van der Waals surface area contributed by atoms with Crippen molar-refractivity contribution in [2.45, 2.75) is 26.7 Å². The molecule has 4 nitrogen and oxygen atoms in total. The number of nitrogens with one attached hydrogen (secondary N) is 1. The number of aryl methyl sites for hydroxylation is 3. The summed E-state index contributed by atoms with van der Waals surface area (Å²) in [7, 11) is 1.64. The molecule has 1 amide bonds. The monoisotopic (exact) mass is 290 g/mol. The zero-order valence-electron chi connectivity index (χ0n) is 11.9. The van der Waals surface area contributed by atoms with Gasteiger partial charge in [0.15, 0.2) is 5.13 Å². The number of thiazole rings is 1. The Hall–Kier alpha value is -1.88. The molecule has 1 aromatic carbocycles. The third kappa shape index (κ3) is 3.81. The van der Waals surface area contributed by atoms with Gasteiger partial charge in [0.05, 0.1) is 12.8 Å². The van der Waals surface area contributed by atoms with E-state index in [1.807, 2.05) is 38.1 Å². The quantitative estimate of drug-likeness (QED) is 0.919. The first-order valence-corrected chi connectivity index (χ1v) is 7.27. The second-order valence-electron chi connectivity index (χ2n) is 4.56. The van der Waals surface area contributed by atoms with Crippen molar-refractivity contribution in [2.75, 3.05) is 12.4 Å². The highest BCUT2D eigenvalue weighted by Gasteiger charge is 2.08. The van der Waals surface area contributed by atoms with Gasteiger partial charge in [-0.2, -0.15) is 0 Å². The number of ether oxygens (including phenoxy) is 1. The summed E-state index contributed by atoms with van der Waals surface area (Å²) in [6.45, 7) is 3.94. The second-order valence-corrected chi connectivity index (χ2v) is 5.76. The molecule has 0 spiro atoms. The van der Waals surface area contributed by atoms with Crippen LogP contribution in [0, 0.1) is 13.8 Å². The molecule has 0 bridgehead atoms. The number of hydrogen-bond donors (Lipinski definition) is 1. The SMILES string of the molecule is COc1cccc(CCC(=O)Nc2nc(C)c(C)s2)c1. The number of carbonyl (C=O) groups excluding carboxylic acids is 1. The summed E-state index contributed by atoms with van der Waals surface area (Å²) in [5.74, 6) is 0.802. The van der Waals surface area contributed by atoms with E-state index in [-0.39, 0.29) is 5.91 Å². The van der Waals surface area contributed by atoms with Gasteiger partial charge in [0.25, 0.3) is 0 Å². The Kier molecular flexibility index (Phi) is 4.74. The highest BCUT2D eigenvalue weighted by atomic mass is 32.1. The highest BCUT2D eigenvalue weighted by molar-refractivity contribution is 7.15. The van der Waals surface area contributed by atoms with Crippen LogP contribution in [0.4, 0.5) is 5.13 Å². The molecule has 1 heterocycles. The third-order valence-electron chi connectivity index (χ3n) is 3.05. The largest absolute Gasteiger partial charge is 0.497 e. The van der Waals surface area contributed by atoms with E-state index in [9.17, 15) is 4.79 Å². The molecule has 20 heavy (non-hydrogen) atoms. The Morgan fingerprint density at radius 3 is 2.85 bits per heavy atom. The number of anilines is 1. The number of hydrogen-bond acceptors (Lipinski definition) is 4. The molecule has 0 aliphatic rings. The zero-order chi connectivity index (χ0) is 14.5.